The zero-order chi connectivity index (χ0) is 12.1. The molecular weight excluding hydrogens is 216 g/mol. The molecule has 1 aromatic rings. The lowest BCUT2D eigenvalue weighted by molar-refractivity contribution is 0.145. The number of nitrogens with zero attached hydrogens (tertiary/aromatic N) is 3. The van der Waals surface area contributed by atoms with Gasteiger partial charge in [0, 0.05) is 37.6 Å². The SMILES string of the molecule is CCNCc1cnc(N2CCC(O)CC2)nc1. The Balaban J connectivity index is 1.93. The van der Waals surface area contributed by atoms with Gasteiger partial charge in [0.15, 0.2) is 0 Å². The van der Waals surface area contributed by atoms with Crippen LogP contribution in [0.5, 0.6) is 0 Å². The summed E-state index contributed by atoms with van der Waals surface area (Å²) in [4.78, 5) is 10.9. The average Bonchev–Trinajstić information content (AvgIpc) is 2.38. The topological polar surface area (TPSA) is 61.3 Å². The van der Waals surface area contributed by atoms with Gasteiger partial charge in [0.25, 0.3) is 0 Å². The average molecular weight is 236 g/mol. The molecule has 94 valence electrons. The van der Waals surface area contributed by atoms with Crippen molar-refractivity contribution in [3.8, 4) is 0 Å². The Morgan fingerprint density at radius 1 is 1.35 bits per heavy atom. The molecule has 17 heavy (non-hydrogen) atoms. The fraction of sp³-hybridized carbons (Fsp3) is 0.667. The molecular formula is C12H20N4O. The third kappa shape index (κ3) is 3.38. The standard InChI is InChI=1S/C12H20N4O/c1-2-13-7-10-8-14-12(15-9-10)16-5-3-11(17)4-6-16/h8-9,11,13,17H,2-7H2,1H3. The van der Waals surface area contributed by atoms with Gasteiger partial charge < -0.3 is 15.3 Å². The van der Waals surface area contributed by atoms with E-state index in [9.17, 15) is 5.11 Å². The van der Waals surface area contributed by atoms with E-state index in [0.29, 0.717) is 0 Å². The molecule has 0 atom stereocenters. The van der Waals surface area contributed by atoms with Crippen molar-refractivity contribution in [3.63, 3.8) is 0 Å². The molecule has 1 aliphatic heterocycles. The fourth-order valence-corrected chi connectivity index (χ4v) is 1.94. The van der Waals surface area contributed by atoms with Crippen molar-refractivity contribution in [1.82, 2.24) is 15.3 Å². The molecule has 0 aromatic carbocycles. The molecule has 2 heterocycles. The molecule has 1 fully saturated rings. The zero-order valence-corrected chi connectivity index (χ0v) is 10.3. The third-order valence-corrected chi connectivity index (χ3v) is 3.02. The largest absolute Gasteiger partial charge is 0.393 e. The first-order valence-electron chi connectivity index (χ1n) is 6.24. The Hall–Kier alpha value is -1.20. The Kier molecular flexibility index (Phi) is 4.28. The molecule has 0 radical (unpaired) electrons. The van der Waals surface area contributed by atoms with Gasteiger partial charge in [-0.15, -0.1) is 0 Å². The van der Waals surface area contributed by atoms with Gasteiger partial charge in [-0.25, -0.2) is 9.97 Å². The number of aliphatic hydroxyl groups is 1. The number of piperidine rings is 1. The van der Waals surface area contributed by atoms with Crippen LogP contribution in [0.4, 0.5) is 5.95 Å². The maximum Gasteiger partial charge on any atom is 0.225 e. The summed E-state index contributed by atoms with van der Waals surface area (Å²) in [5.74, 6) is 0.775. The van der Waals surface area contributed by atoms with Crippen LogP contribution in [0.15, 0.2) is 12.4 Å². The fourth-order valence-electron chi connectivity index (χ4n) is 1.94. The maximum atomic E-state index is 9.44. The predicted octanol–water partition coefficient (Wildman–Crippen LogP) is 0.547. The third-order valence-electron chi connectivity index (χ3n) is 3.02. The summed E-state index contributed by atoms with van der Waals surface area (Å²) in [6.45, 7) is 5.52. The van der Waals surface area contributed by atoms with E-state index in [1.165, 1.54) is 0 Å². The highest BCUT2D eigenvalue weighted by Gasteiger charge is 2.18. The smallest absolute Gasteiger partial charge is 0.225 e. The highest BCUT2D eigenvalue weighted by Crippen LogP contribution is 2.15. The normalized spacial score (nSPS) is 17.4. The van der Waals surface area contributed by atoms with Crippen LogP contribution >= 0.6 is 0 Å². The number of rotatable bonds is 4. The van der Waals surface area contributed by atoms with Crippen LogP contribution < -0.4 is 10.2 Å². The van der Waals surface area contributed by atoms with Crippen LogP contribution in [0.1, 0.15) is 25.3 Å². The molecule has 2 rings (SSSR count). The van der Waals surface area contributed by atoms with Crippen molar-refractivity contribution >= 4 is 5.95 Å². The van der Waals surface area contributed by atoms with E-state index in [2.05, 4.69) is 27.1 Å². The highest BCUT2D eigenvalue weighted by atomic mass is 16.3. The minimum atomic E-state index is -0.153. The van der Waals surface area contributed by atoms with E-state index >= 15 is 0 Å². The van der Waals surface area contributed by atoms with Gasteiger partial charge in [0.1, 0.15) is 0 Å². The summed E-state index contributed by atoms with van der Waals surface area (Å²) in [7, 11) is 0. The lowest BCUT2D eigenvalue weighted by atomic mass is 10.1. The second-order valence-electron chi connectivity index (χ2n) is 4.39. The van der Waals surface area contributed by atoms with E-state index in [1.807, 2.05) is 12.4 Å². The van der Waals surface area contributed by atoms with Crippen LogP contribution in [-0.4, -0.2) is 40.8 Å². The number of hydrogen-bond donors (Lipinski definition) is 2. The van der Waals surface area contributed by atoms with Crippen LogP contribution in [-0.2, 0) is 6.54 Å². The Bertz CT molecular complexity index is 333. The minimum Gasteiger partial charge on any atom is -0.393 e. The minimum absolute atomic E-state index is 0.153. The van der Waals surface area contributed by atoms with Gasteiger partial charge in [-0.05, 0) is 19.4 Å². The van der Waals surface area contributed by atoms with Crippen LogP contribution in [0.2, 0.25) is 0 Å². The molecule has 0 saturated carbocycles. The molecule has 1 aliphatic rings. The molecule has 1 aromatic heterocycles. The Morgan fingerprint density at radius 2 is 2.00 bits per heavy atom. The first-order valence-corrected chi connectivity index (χ1v) is 6.24. The number of hydrogen-bond acceptors (Lipinski definition) is 5. The number of nitrogens with one attached hydrogen (secondary N) is 1. The summed E-state index contributed by atoms with van der Waals surface area (Å²) in [6, 6.07) is 0. The number of aromatic nitrogens is 2. The predicted molar refractivity (Wildman–Crippen MR) is 66.9 cm³/mol. The maximum absolute atomic E-state index is 9.44. The number of aliphatic hydroxyl groups excluding tert-OH is 1. The van der Waals surface area contributed by atoms with Crippen molar-refractivity contribution in [2.45, 2.75) is 32.4 Å². The molecule has 0 aliphatic carbocycles. The Morgan fingerprint density at radius 3 is 2.59 bits per heavy atom. The quantitative estimate of drug-likeness (QED) is 0.799. The van der Waals surface area contributed by atoms with Crippen LogP contribution in [0, 0.1) is 0 Å². The molecule has 2 N–H and O–H groups in total. The molecule has 0 unspecified atom stereocenters. The van der Waals surface area contributed by atoms with Crippen molar-refractivity contribution in [2.75, 3.05) is 24.5 Å². The van der Waals surface area contributed by atoms with E-state index in [-0.39, 0.29) is 6.10 Å². The van der Waals surface area contributed by atoms with Gasteiger partial charge in [0.05, 0.1) is 6.10 Å². The van der Waals surface area contributed by atoms with Crippen LogP contribution in [0.3, 0.4) is 0 Å². The van der Waals surface area contributed by atoms with Crippen molar-refractivity contribution < 1.29 is 5.11 Å². The van der Waals surface area contributed by atoms with Gasteiger partial charge >= 0.3 is 0 Å². The van der Waals surface area contributed by atoms with Crippen molar-refractivity contribution in [2.24, 2.45) is 0 Å². The lowest BCUT2D eigenvalue weighted by Gasteiger charge is -2.29. The van der Waals surface area contributed by atoms with Gasteiger partial charge in [0.2, 0.25) is 5.95 Å². The lowest BCUT2D eigenvalue weighted by Crippen LogP contribution is -2.36. The summed E-state index contributed by atoms with van der Waals surface area (Å²) in [6.07, 6.45) is 5.20. The highest BCUT2D eigenvalue weighted by molar-refractivity contribution is 5.30. The zero-order valence-electron chi connectivity index (χ0n) is 10.3. The summed E-state index contributed by atoms with van der Waals surface area (Å²) in [5.41, 5.74) is 1.10. The molecule has 5 nitrogen and oxygen atoms in total. The Labute approximate surface area is 102 Å². The van der Waals surface area contributed by atoms with Crippen molar-refractivity contribution in [1.29, 1.82) is 0 Å². The monoisotopic (exact) mass is 236 g/mol. The first kappa shape index (κ1) is 12.3. The molecule has 5 heteroatoms. The number of anilines is 1. The second kappa shape index (κ2) is 5.93. The van der Waals surface area contributed by atoms with Gasteiger partial charge in [-0.1, -0.05) is 6.92 Å². The summed E-state index contributed by atoms with van der Waals surface area (Å²) >= 11 is 0. The van der Waals surface area contributed by atoms with Crippen molar-refractivity contribution in [3.05, 3.63) is 18.0 Å². The molecule has 0 spiro atoms. The molecule has 0 bridgehead atoms. The first-order chi connectivity index (χ1) is 8.29. The second-order valence-corrected chi connectivity index (χ2v) is 4.39. The molecule has 0 amide bonds. The summed E-state index contributed by atoms with van der Waals surface area (Å²) < 4.78 is 0. The van der Waals surface area contributed by atoms with E-state index in [1.54, 1.807) is 0 Å². The van der Waals surface area contributed by atoms with E-state index in [4.69, 9.17) is 0 Å². The van der Waals surface area contributed by atoms with Gasteiger partial charge in [-0.3, -0.25) is 0 Å². The molecule has 1 saturated heterocycles. The van der Waals surface area contributed by atoms with E-state index < -0.39 is 0 Å². The summed E-state index contributed by atoms with van der Waals surface area (Å²) in [5, 5.41) is 12.7. The van der Waals surface area contributed by atoms with Crippen LogP contribution in [0.25, 0.3) is 0 Å². The van der Waals surface area contributed by atoms with Gasteiger partial charge in [-0.2, -0.15) is 0 Å². The van der Waals surface area contributed by atoms with E-state index in [0.717, 1.165) is 50.5 Å².